The van der Waals surface area contributed by atoms with Gasteiger partial charge in [0.05, 0.1) is 11.0 Å². The Balaban J connectivity index is 2.05. The van der Waals surface area contributed by atoms with Crippen LogP contribution in [0.2, 0.25) is 0 Å². The average molecular weight is 251 g/mol. The zero-order valence-corrected chi connectivity index (χ0v) is 11.2. The van der Waals surface area contributed by atoms with E-state index in [-0.39, 0.29) is 0 Å². The molecule has 0 aliphatic carbocycles. The lowest BCUT2D eigenvalue weighted by atomic mass is 10.0. The van der Waals surface area contributed by atoms with Gasteiger partial charge >= 0.3 is 0 Å². The number of aryl methyl sites for hydroxylation is 2. The van der Waals surface area contributed by atoms with Crippen LogP contribution in [0.4, 0.5) is 5.69 Å². The van der Waals surface area contributed by atoms with E-state index < -0.39 is 0 Å². The van der Waals surface area contributed by atoms with E-state index in [1.54, 1.807) is 0 Å². The number of fused-ring (bicyclic) bond motifs is 1. The molecule has 2 aromatic carbocycles. The summed E-state index contributed by atoms with van der Waals surface area (Å²) < 4.78 is 2.13. The summed E-state index contributed by atoms with van der Waals surface area (Å²) in [6.07, 6.45) is 0.883. The maximum absolute atomic E-state index is 5.72. The van der Waals surface area contributed by atoms with Crippen LogP contribution in [0.3, 0.4) is 0 Å². The highest BCUT2D eigenvalue weighted by Gasteiger charge is 2.08. The molecular formula is C16H17N3. The molecule has 2 N–H and O–H groups in total. The molecule has 3 aromatic rings. The number of para-hydroxylation sites is 1. The van der Waals surface area contributed by atoms with Crippen LogP contribution in [0, 0.1) is 6.92 Å². The van der Waals surface area contributed by atoms with Gasteiger partial charge in [-0.3, -0.25) is 0 Å². The molecule has 3 heteroatoms. The van der Waals surface area contributed by atoms with Crippen LogP contribution in [0.25, 0.3) is 11.0 Å². The number of benzene rings is 2. The van der Waals surface area contributed by atoms with E-state index >= 15 is 0 Å². The summed E-state index contributed by atoms with van der Waals surface area (Å²) in [5, 5.41) is 0. The zero-order valence-electron chi connectivity index (χ0n) is 11.2. The van der Waals surface area contributed by atoms with Gasteiger partial charge in [-0.2, -0.15) is 0 Å². The number of anilines is 1. The second-order valence-corrected chi connectivity index (χ2v) is 4.92. The van der Waals surface area contributed by atoms with Crippen LogP contribution in [-0.4, -0.2) is 9.55 Å². The summed E-state index contributed by atoms with van der Waals surface area (Å²) in [5.74, 6) is 1.04. The number of nitrogens with two attached hydrogens (primary N) is 1. The topological polar surface area (TPSA) is 43.8 Å². The fraction of sp³-hybridized carbons (Fsp3) is 0.188. The number of hydrogen-bond acceptors (Lipinski definition) is 2. The monoisotopic (exact) mass is 251 g/mol. The van der Waals surface area contributed by atoms with Crippen molar-refractivity contribution in [2.24, 2.45) is 7.05 Å². The smallest absolute Gasteiger partial charge is 0.106 e. The van der Waals surface area contributed by atoms with Crippen molar-refractivity contribution in [1.29, 1.82) is 0 Å². The zero-order chi connectivity index (χ0) is 13.4. The van der Waals surface area contributed by atoms with Gasteiger partial charge in [0.1, 0.15) is 5.82 Å². The van der Waals surface area contributed by atoms with Crippen LogP contribution >= 0.6 is 0 Å². The fourth-order valence-electron chi connectivity index (χ4n) is 2.39. The molecule has 0 aliphatic rings. The van der Waals surface area contributed by atoms with Gasteiger partial charge in [-0.1, -0.05) is 24.3 Å². The Labute approximate surface area is 112 Å². The normalized spacial score (nSPS) is 11.1. The van der Waals surface area contributed by atoms with Crippen molar-refractivity contribution >= 4 is 16.7 Å². The SMILES string of the molecule is Cc1nc2c(Cc3ccc(N)cc3)cccc2n1C. The van der Waals surface area contributed by atoms with E-state index in [4.69, 9.17) is 5.73 Å². The molecule has 0 unspecified atom stereocenters. The third-order valence-electron chi connectivity index (χ3n) is 3.59. The highest BCUT2D eigenvalue weighted by molar-refractivity contribution is 5.80. The molecule has 0 saturated heterocycles. The molecular weight excluding hydrogens is 234 g/mol. The Bertz CT molecular complexity index is 724. The highest BCUT2D eigenvalue weighted by Crippen LogP contribution is 2.21. The summed E-state index contributed by atoms with van der Waals surface area (Å²) in [6, 6.07) is 14.4. The molecule has 1 heterocycles. The van der Waals surface area contributed by atoms with Crippen LogP contribution < -0.4 is 5.73 Å². The lowest BCUT2D eigenvalue weighted by Gasteiger charge is -2.04. The van der Waals surface area contributed by atoms with Crippen molar-refractivity contribution in [2.75, 3.05) is 5.73 Å². The summed E-state index contributed by atoms with van der Waals surface area (Å²) in [6.45, 7) is 2.03. The summed E-state index contributed by atoms with van der Waals surface area (Å²) in [7, 11) is 2.05. The van der Waals surface area contributed by atoms with Gasteiger partial charge in [0, 0.05) is 12.7 Å². The number of rotatable bonds is 2. The summed E-state index contributed by atoms with van der Waals surface area (Å²) >= 11 is 0. The van der Waals surface area contributed by atoms with Crippen molar-refractivity contribution in [3.8, 4) is 0 Å². The third-order valence-corrected chi connectivity index (χ3v) is 3.59. The Morgan fingerprint density at radius 2 is 1.84 bits per heavy atom. The first-order chi connectivity index (χ1) is 9.15. The lowest BCUT2D eigenvalue weighted by molar-refractivity contribution is 0.886. The first-order valence-corrected chi connectivity index (χ1v) is 6.40. The molecule has 19 heavy (non-hydrogen) atoms. The predicted octanol–water partition coefficient (Wildman–Crippen LogP) is 3.05. The van der Waals surface area contributed by atoms with Crippen molar-refractivity contribution in [3.05, 3.63) is 59.4 Å². The molecule has 0 atom stereocenters. The maximum atomic E-state index is 5.72. The van der Waals surface area contributed by atoms with Crippen molar-refractivity contribution in [1.82, 2.24) is 9.55 Å². The van der Waals surface area contributed by atoms with Crippen LogP contribution in [0.1, 0.15) is 17.0 Å². The van der Waals surface area contributed by atoms with Gasteiger partial charge in [-0.05, 0) is 42.7 Å². The molecule has 0 amide bonds. The Kier molecular flexibility index (Phi) is 2.75. The Morgan fingerprint density at radius 1 is 1.11 bits per heavy atom. The third kappa shape index (κ3) is 2.08. The quantitative estimate of drug-likeness (QED) is 0.711. The number of aromatic nitrogens is 2. The average Bonchev–Trinajstić information content (AvgIpc) is 2.70. The van der Waals surface area contributed by atoms with Crippen LogP contribution in [0.5, 0.6) is 0 Å². The van der Waals surface area contributed by atoms with Crippen molar-refractivity contribution < 1.29 is 0 Å². The second-order valence-electron chi connectivity index (χ2n) is 4.92. The van der Waals surface area contributed by atoms with Gasteiger partial charge in [-0.15, -0.1) is 0 Å². The van der Waals surface area contributed by atoms with Gasteiger partial charge in [-0.25, -0.2) is 4.98 Å². The predicted molar refractivity (Wildman–Crippen MR) is 79.1 cm³/mol. The molecule has 1 aromatic heterocycles. The number of hydrogen-bond donors (Lipinski definition) is 1. The molecule has 96 valence electrons. The molecule has 3 nitrogen and oxygen atoms in total. The van der Waals surface area contributed by atoms with E-state index in [1.165, 1.54) is 16.6 Å². The summed E-state index contributed by atoms with van der Waals surface area (Å²) in [4.78, 5) is 4.66. The number of imidazole rings is 1. The molecule has 0 radical (unpaired) electrons. The molecule has 0 bridgehead atoms. The van der Waals surface area contributed by atoms with E-state index in [2.05, 4.69) is 46.9 Å². The van der Waals surface area contributed by atoms with Gasteiger partial charge < -0.3 is 10.3 Å². The minimum absolute atomic E-state index is 0.802. The minimum Gasteiger partial charge on any atom is -0.399 e. The fourth-order valence-corrected chi connectivity index (χ4v) is 2.39. The summed E-state index contributed by atoms with van der Waals surface area (Å²) in [5.41, 5.74) is 11.3. The lowest BCUT2D eigenvalue weighted by Crippen LogP contribution is -1.92. The van der Waals surface area contributed by atoms with Gasteiger partial charge in [0.2, 0.25) is 0 Å². The van der Waals surface area contributed by atoms with Crippen molar-refractivity contribution in [2.45, 2.75) is 13.3 Å². The first-order valence-electron chi connectivity index (χ1n) is 6.40. The van der Waals surface area contributed by atoms with E-state index in [0.29, 0.717) is 0 Å². The van der Waals surface area contributed by atoms with Crippen molar-refractivity contribution in [3.63, 3.8) is 0 Å². The first kappa shape index (κ1) is 11.8. The van der Waals surface area contributed by atoms with Crippen LogP contribution in [0.15, 0.2) is 42.5 Å². The Morgan fingerprint density at radius 3 is 2.58 bits per heavy atom. The molecule has 0 spiro atoms. The Hall–Kier alpha value is -2.29. The minimum atomic E-state index is 0.802. The molecule has 3 rings (SSSR count). The maximum Gasteiger partial charge on any atom is 0.106 e. The van der Waals surface area contributed by atoms with E-state index in [0.717, 1.165) is 23.4 Å². The van der Waals surface area contributed by atoms with E-state index in [1.807, 2.05) is 19.1 Å². The van der Waals surface area contributed by atoms with Gasteiger partial charge in [0.25, 0.3) is 0 Å². The largest absolute Gasteiger partial charge is 0.399 e. The molecule has 0 fully saturated rings. The van der Waals surface area contributed by atoms with Crippen LogP contribution in [-0.2, 0) is 13.5 Å². The second kappa shape index (κ2) is 4.43. The number of nitrogens with zero attached hydrogens (tertiary/aromatic N) is 2. The standard InChI is InChI=1S/C16H17N3/c1-11-18-16-13(4-3-5-15(16)19(11)2)10-12-6-8-14(17)9-7-12/h3-9H,10,17H2,1-2H3. The molecule has 0 saturated carbocycles. The van der Waals surface area contributed by atoms with Gasteiger partial charge in [0.15, 0.2) is 0 Å². The van der Waals surface area contributed by atoms with E-state index in [9.17, 15) is 0 Å². The highest BCUT2D eigenvalue weighted by atomic mass is 15.0. The number of nitrogen functional groups attached to an aromatic ring is 1. The molecule has 0 aliphatic heterocycles.